The molecular weight excluding hydrogens is 451 g/mol. The fourth-order valence-corrected chi connectivity index (χ4v) is 4.10. The molecule has 2 aromatic carbocycles. The average Bonchev–Trinajstić information content (AvgIpc) is 2.90. The standard InChI is InChI=1S/C19H14BrFN2O2S2/c20-13-6-2-4-8-15(13)22-17(24)9-10-23-18(25)16(27-19(23)26)11-12-5-1-3-7-14(12)21/h1-8,11H,9-10H2,(H,22,24). The van der Waals surface area contributed by atoms with Crippen molar-refractivity contribution in [2.45, 2.75) is 6.42 Å². The Bertz CT molecular complexity index is 949. The molecule has 2 amide bonds. The number of hydrogen-bond acceptors (Lipinski definition) is 4. The van der Waals surface area contributed by atoms with E-state index in [-0.39, 0.29) is 24.8 Å². The number of hydrogen-bond donors (Lipinski definition) is 1. The van der Waals surface area contributed by atoms with E-state index >= 15 is 0 Å². The highest BCUT2D eigenvalue weighted by Gasteiger charge is 2.32. The van der Waals surface area contributed by atoms with Gasteiger partial charge in [0.25, 0.3) is 5.91 Å². The number of carbonyl (C=O) groups excluding carboxylic acids is 2. The first-order chi connectivity index (χ1) is 13.0. The third-order valence-corrected chi connectivity index (χ3v) is 5.85. The molecule has 138 valence electrons. The van der Waals surface area contributed by atoms with Gasteiger partial charge in [-0.15, -0.1) is 0 Å². The molecule has 8 heteroatoms. The van der Waals surface area contributed by atoms with Gasteiger partial charge < -0.3 is 5.32 Å². The Hall–Kier alpha value is -2.03. The molecule has 0 unspecified atom stereocenters. The number of anilines is 1. The summed E-state index contributed by atoms with van der Waals surface area (Å²) in [5.74, 6) is -0.952. The predicted molar refractivity (Wildman–Crippen MR) is 114 cm³/mol. The first kappa shape index (κ1) is 19.7. The van der Waals surface area contributed by atoms with Crippen molar-refractivity contribution in [2.24, 2.45) is 0 Å². The van der Waals surface area contributed by atoms with Gasteiger partial charge in [-0.3, -0.25) is 14.5 Å². The number of nitrogens with one attached hydrogen (secondary N) is 1. The van der Waals surface area contributed by atoms with E-state index in [1.165, 1.54) is 17.0 Å². The van der Waals surface area contributed by atoms with Gasteiger partial charge in [0, 0.05) is 23.0 Å². The van der Waals surface area contributed by atoms with Crippen molar-refractivity contribution in [1.82, 2.24) is 4.90 Å². The molecule has 0 atom stereocenters. The van der Waals surface area contributed by atoms with E-state index in [2.05, 4.69) is 21.2 Å². The zero-order valence-corrected chi connectivity index (χ0v) is 17.2. The van der Waals surface area contributed by atoms with Gasteiger partial charge in [0.15, 0.2) is 0 Å². The van der Waals surface area contributed by atoms with Gasteiger partial charge in [0.1, 0.15) is 10.1 Å². The first-order valence-electron chi connectivity index (χ1n) is 8.00. The van der Waals surface area contributed by atoms with Crippen LogP contribution in [0.5, 0.6) is 0 Å². The number of halogens is 2. The van der Waals surface area contributed by atoms with Crippen LogP contribution in [0.4, 0.5) is 10.1 Å². The summed E-state index contributed by atoms with van der Waals surface area (Å²) in [5, 5.41) is 2.78. The van der Waals surface area contributed by atoms with Crippen LogP contribution in [0.1, 0.15) is 12.0 Å². The molecule has 0 saturated carbocycles. The van der Waals surface area contributed by atoms with E-state index in [1.54, 1.807) is 24.3 Å². The zero-order valence-electron chi connectivity index (χ0n) is 13.9. The minimum atomic E-state index is -0.407. The number of para-hydroxylation sites is 1. The molecule has 0 radical (unpaired) electrons. The van der Waals surface area contributed by atoms with Gasteiger partial charge in [0.05, 0.1) is 10.6 Å². The summed E-state index contributed by atoms with van der Waals surface area (Å²) >= 11 is 9.71. The van der Waals surface area contributed by atoms with Crippen molar-refractivity contribution in [3.8, 4) is 0 Å². The summed E-state index contributed by atoms with van der Waals surface area (Å²) in [5.41, 5.74) is 0.983. The molecule has 1 fully saturated rings. The van der Waals surface area contributed by atoms with Crippen LogP contribution in [0.15, 0.2) is 57.9 Å². The van der Waals surface area contributed by atoms with E-state index in [1.807, 2.05) is 18.2 Å². The minimum absolute atomic E-state index is 0.0980. The summed E-state index contributed by atoms with van der Waals surface area (Å²) < 4.78 is 14.9. The molecule has 2 aromatic rings. The number of thioether (sulfide) groups is 1. The SMILES string of the molecule is O=C(CCN1C(=O)C(=Cc2ccccc2F)SC1=S)Nc1ccccc1Br. The van der Waals surface area contributed by atoms with Crippen LogP contribution in [0, 0.1) is 5.82 Å². The smallest absolute Gasteiger partial charge is 0.266 e. The minimum Gasteiger partial charge on any atom is -0.325 e. The number of benzene rings is 2. The molecule has 0 aromatic heterocycles. The summed E-state index contributed by atoms with van der Waals surface area (Å²) in [6.45, 7) is 0.162. The van der Waals surface area contributed by atoms with Crippen molar-refractivity contribution in [1.29, 1.82) is 0 Å². The number of thiocarbonyl (C=S) groups is 1. The molecule has 3 rings (SSSR count). The molecule has 1 aliphatic rings. The molecule has 27 heavy (non-hydrogen) atoms. The Morgan fingerprint density at radius 2 is 1.93 bits per heavy atom. The third kappa shape index (κ3) is 4.82. The van der Waals surface area contributed by atoms with Crippen LogP contribution in [-0.4, -0.2) is 27.6 Å². The fourth-order valence-electron chi connectivity index (χ4n) is 2.41. The molecule has 1 aliphatic heterocycles. The van der Waals surface area contributed by atoms with E-state index in [9.17, 15) is 14.0 Å². The highest BCUT2D eigenvalue weighted by molar-refractivity contribution is 9.10. The maximum absolute atomic E-state index is 13.8. The van der Waals surface area contributed by atoms with Crippen LogP contribution in [0.3, 0.4) is 0 Å². The molecule has 4 nitrogen and oxygen atoms in total. The summed E-state index contributed by atoms with van der Waals surface area (Å²) in [7, 11) is 0. The van der Waals surface area contributed by atoms with E-state index in [0.29, 0.717) is 20.5 Å². The lowest BCUT2D eigenvalue weighted by molar-refractivity contribution is -0.122. The summed E-state index contributed by atoms with van der Waals surface area (Å²) in [6.07, 6.45) is 1.58. The Balaban J connectivity index is 1.63. The number of amides is 2. The van der Waals surface area contributed by atoms with Crippen molar-refractivity contribution in [3.05, 3.63) is 69.3 Å². The second kappa shape index (κ2) is 8.77. The lowest BCUT2D eigenvalue weighted by Crippen LogP contribution is -2.31. The predicted octanol–water partition coefficient (Wildman–Crippen LogP) is 4.82. The zero-order chi connectivity index (χ0) is 19.4. The van der Waals surface area contributed by atoms with E-state index in [4.69, 9.17) is 12.2 Å². The topological polar surface area (TPSA) is 49.4 Å². The maximum Gasteiger partial charge on any atom is 0.266 e. The highest BCUT2D eigenvalue weighted by Crippen LogP contribution is 2.33. The average molecular weight is 465 g/mol. The number of carbonyl (C=O) groups is 2. The van der Waals surface area contributed by atoms with Gasteiger partial charge in [-0.1, -0.05) is 54.3 Å². The van der Waals surface area contributed by atoms with Crippen LogP contribution in [0.25, 0.3) is 6.08 Å². The quantitative estimate of drug-likeness (QED) is 0.508. The largest absolute Gasteiger partial charge is 0.325 e. The first-order valence-corrected chi connectivity index (χ1v) is 10.0. The molecule has 1 N–H and O–H groups in total. The van der Waals surface area contributed by atoms with Crippen LogP contribution in [0.2, 0.25) is 0 Å². The van der Waals surface area contributed by atoms with Crippen molar-refractivity contribution >= 4 is 67.8 Å². The molecule has 0 bridgehead atoms. The van der Waals surface area contributed by atoms with Gasteiger partial charge >= 0.3 is 0 Å². The van der Waals surface area contributed by atoms with Crippen LogP contribution >= 0.6 is 39.9 Å². The van der Waals surface area contributed by atoms with E-state index < -0.39 is 5.82 Å². The molecule has 1 saturated heterocycles. The van der Waals surface area contributed by atoms with Crippen molar-refractivity contribution in [3.63, 3.8) is 0 Å². The molecule has 1 heterocycles. The highest BCUT2D eigenvalue weighted by atomic mass is 79.9. The number of nitrogens with zero attached hydrogens (tertiary/aromatic N) is 1. The van der Waals surface area contributed by atoms with Gasteiger partial charge in [0.2, 0.25) is 5.91 Å². The van der Waals surface area contributed by atoms with Crippen LogP contribution in [-0.2, 0) is 9.59 Å². The summed E-state index contributed by atoms with van der Waals surface area (Å²) in [4.78, 5) is 26.4. The Morgan fingerprint density at radius 3 is 2.67 bits per heavy atom. The Morgan fingerprint density at radius 1 is 1.22 bits per heavy atom. The van der Waals surface area contributed by atoms with Gasteiger partial charge in [-0.2, -0.15) is 0 Å². The van der Waals surface area contributed by atoms with Crippen molar-refractivity contribution in [2.75, 3.05) is 11.9 Å². The molecular formula is C19H14BrFN2O2S2. The number of rotatable bonds is 5. The second-order valence-electron chi connectivity index (χ2n) is 5.63. The lowest BCUT2D eigenvalue weighted by atomic mass is 10.2. The summed E-state index contributed by atoms with van der Waals surface area (Å²) in [6, 6.07) is 13.5. The molecule has 0 aliphatic carbocycles. The second-order valence-corrected chi connectivity index (χ2v) is 8.16. The van der Waals surface area contributed by atoms with Crippen molar-refractivity contribution < 1.29 is 14.0 Å². The van der Waals surface area contributed by atoms with Gasteiger partial charge in [-0.25, -0.2) is 4.39 Å². The lowest BCUT2D eigenvalue weighted by Gasteiger charge is -2.14. The van der Waals surface area contributed by atoms with Crippen LogP contribution < -0.4 is 5.32 Å². The normalized spacial score (nSPS) is 15.5. The van der Waals surface area contributed by atoms with E-state index in [0.717, 1.165) is 16.2 Å². The third-order valence-electron chi connectivity index (χ3n) is 3.78. The van der Waals surface area contributed by atoms with Gasteiger partial charge in [-0.05, 0) is 40.2 Å². The Labute approximate surface area is 173 Å². The monoisotopic (exact) mass is 464 g/mol. The molecule has 0 spiro atoms. The maximum atomic E-state index is 13.8. The fraction of sp³-hybridized carbons (Fsp3) is 0.105. The Kier molecular flexibility index (Phi) is 6.41.